The number of hydrogen-bond acceptors (Lipinski definition) is 7. The van der Waals surface area contributed by atoms with Gasteiger partial charge in [-0.05, 0) is 42.7 Å². The monoisotopic (exact) mass is 407 g/mol. The van der Waals surface area contributed by atoms with E-state index in [-0.39, 0.29) is 17.4 Å². The number of pyridine rings is 1. The fraction of sp³-hybridized carbons (Fsp3) is 0.238. The number of benzene rings is 1. The molecule has 0 radical (unpaired) electrons. The first-order valence-corrected chi connectivity index (χ1v) is 9.32. The molecule has 0 unspecified atom stereocenters. The van der Waals surface area contributed by atoms with E-state index in [0.29, 0.717) is 41.3 Å². The van der Waals surface area contributed by atoms with Gasteiger partial charge in [0, 0.05) is 24.4 Å². The van der Waals surface area contributed by atoms with Crippen LogP contribution in [0.5, 0.6) is 0 Å². The zero-order valence-electron chi connectivity index (χ0n) is 16.1. The third kappa shape index (κ3) is 3.99. The average molecular weight is 407 g/mol. The second-order valence-corrected chi connectivity index (χ2v) is 6.92. The molecule has 1 aliphatic heterocycles. The van der Waals surface area contributed by atoms with Gasteiger partial charge in [0.2, 0.25) is 0 Å². The number of carbonyl (C=O) groups is 1. The molecular formula is C21H18FN5O3. The van der Waals surface area contributed by atoms with Crippen molar-refractivity contribution in [1.82, 2.24) is 10.1 Å². The van der Waals surface area contributed by atoms with E-state index in [4.69, 9.17) is 4.74 Å². The summed E-state index contributed by atoms with van der Waals surface area (Å²) in [5.74, 6) is -0.664. The van der Waals surface area contributed by atoms with Crippen LogP contribution in [0.3, 0.4) is 0 Å². The van der Waals surface area contributed by atoms with Gasteiger partial charge in [-0.25, -0.2) is 9.37 Å². The van der Waals surface area contributed by atoms with Crippen LogP contribution in [0.15, 0.2) is 41.2 Å². The zero-order chi connectivity index (χ0) is 21.1. The van der Waals surface area contributed by atoms with E-state index in [1.54, 1.807) is 19.2 Å². The Bertz CT molecular complexity index is 1120. The first-order chi connectivity index (χ1) is 14.5. The van der Waals surface area contributed by atoms with E-state index >= 15 is 0 Å². The number of anilines is 2. The summed E-state index contributed by atoms with van der Waals surface area (Å²) in [6.45, 7) is 2.97. The van der Waals surface area contributed by atoms with Gasteiger partial charge >= 0.3 is 0 Å². The molecule has 8 nitrogen and oxygen atoms in total. The lowest BCUT2D eigenvalue weighted by atomic mass is 9.97. The fourth-order valence-electron chi connectivity index (χ4n) is 3.27. The molecule has 0 aliphatic carbocycles. The molecule has 2 N–H and O–H groups in total. The third-order valence-corrected chi connectivity index (χ3v) is 4.83. The van der Waals surface area contributed by atoms with Crippen molar-refractivity contribution in [2.24, 2.45) is 0 Å². The number of aryl methyl sites for hydroxylation is 1. The van der Waals surface area contributed by atoms with E-state index < -0.39 is 11.7 Å². The standard InChI is InChI=1S/C21H18FN5O3/c1-12-6-18(22)17(21(28)26-19-3-5-30-27-19)8-16(12)14-7-13(9-23)20(24-10-14)25-15-2-4-29-11-15/h3,5-8,10,15H,2,4,11H2,1H3,(H,24,25)(H,26,27,28)/t15-/m0/s1. The van der Waals surface area contributed by atoms with Crippen molar-refractivity contribution in [2.45, 2.75) is 19.4 Å². The maximum Gasteiger partial charge on any atom is 0.259 e. The minimum absolute atomic E-state index is 0.106. The third-order valence-electron chi connectivity index (χ3n) is 4.83. The Labute approximate surface area is 171 Å². The van der Waals surface area contributed by atoms with Crippen molar-refractivity contribution in [3.8, 4) is 17.2 Å². The van der Waals surface area contributed by atoms with Crippen molar-refractivity contribution in [2.75, 3.05) is 23.8 Å². The van der Waals surface area contributed by atoms with E-state index in [1.807, 2.05) is 0 Å². The van der Waals surface area contributed by atoms with Gasteiger partial charge in [0.05, 0.1) is 23.8 Å². The number of rotatable bonds is 5. The molecule has 0 bridgehead atoms. The molecule has 1 amide bonds. The summed E-state index contributed by atoms with van der Waals surface area (Å²) >= 11 is 0. The summed E-state index contributed by atoms with van der Waals surface area (Å²) < 4.78 is 24.5. The number of nitriles is 1. The molecule has 3 aromatic rings. The Kier molecular flexibility index (Phi) is 5.41. The van der Waals surface area contributed by atoms with Crippen LogP contribution >= 0.6 is 0 Å². The summed E-state index contributed by atoms with van der Waals surface area (Å²) in [7, 11) is 0. The molecular weight excluding hydrogens is 389 g/mol. The lowest BCUT2D eigenvalue weighted by molar-refractivity contribution is 0.102. The van der Waals surface area contributed by atoms with E-state index in [9.17, 15) is 14.4 Å². The van der Waals surface area contributed by atoms with E-state index in [1.165, 1.54) is 24.5 Å². The SMILES string of the molecule is Cc1cc(F)c(C(=O)Nc2ccon2)cc1-c1cnc(N[C@H]2CCOC2)c(C#N)c1. The lowest BCUT2D eigenvalue weighted by Gasteiger charge is -2.14. The lowest BCUT2D eigenvalue weighted by Crippen LogP contribution is -2.20. The molecule has 1 aromatic carbocycles. The van der Waals surface area contributed by atoms with Gasteiger partial charge in [0.25, 0.3) is 5.91 Å². The van der Waals surface area contributed by atoms with Gasteiger partial charge in [-0.2, -0.15) is 5.26 Å². The van der Waals surface area contributed by atoms with Crippen LogP contribution in [0.1, 0.15) is 27.9 Å². The normalized spacial score (nSPS) is 15.6. The molecule has 9 heteroatoms. The average Bonchev–Trinajstić information content (AvgIpc) is 3.43. The summed E-state index contributed by atoms with van der Waals surface area (Å²) in [6.07, 6.45) is 3.74. The van der Waals surface area contributed by atoms with Gasteiger partial charge in [-0.1, -0.05) is 5.16 Å². The van der Waals surface area contributed by atoms with Crippen molar-refractivity contribution in [3.05, 3.63) is 59.2 Å². The van der Waals surface area contributed by atoms with Crippen LogP contribution in [-0.4, -0.2) is 35.3 Å². The van der Waals surface area contributed by atoms with Crippen molar-refractivity contribution < 1.29 is 18.4 Å². The molecule has 0 spiro atoms. The highest BCUT2D eigenvalue weighted by Crippen LogP contribution is 2.29. The summed E-state index contributed by atoms with van der Waals surface area (Å²) in [6, 6.07) is 8.09. The predicted molar refractivity (Wildman–Crippen MR) is 106 cm³/mol. The minimum atomic E-state index is -0.662. The molecule has 1 atom stereocenters. The van der Waals surface area contributed by atoms with Gasteiger partial charge < -0.3 is 19.9 Å². The van der Waals surface area contributed by atoms with Crippen molar-refractivity contribution in [1.29, 1.82) is 5.26 Å². The van der Waals surface area contributed by atoms with E-state index in [0.717, 1.165) is 6.42 Å². The molecule has 0 saturated carbocycles. The summed E-state index contributed by atoms with van der Waals surface area (Å²) in [5, 5.41) is 18.8. The largest absolute Gasteiger partial charge is 0.379 e. The number of carbonyl (C=O) groups excluding carboxylic acids is 1. The smallest absolute Gasteiger partial charge is 0.259 e. The van der Waals surface area contributed by atoms with Gasteiger partial charge in [0.15, 0.2) is 5.82 Å². The summed E-state index contributed by atoms with van der Waals surface area (Å²) in [5.41, 5.74) is 2.02. The maximum absolute atomic E-state index is 14.5. The van der Waals surface area contributed by atoms with Crippen LogP contribution in [0, 0.1) is 24.1 Å². The molecule has 152 valence electrons. The first-order valence-electron chi connectivity index (χ1n) is 9.32. The van der Waals surface area contributed by atoms with Gasteiger partial charge in [-0.15, -0.1) is 0 Å². The fourth-order valence-corrected chi connectivity index (χ4v) is 3.27. The highest BCUT2D eigenvalue weighted by atomic mass is 19.1. The van der Waals surface area contributed by atoms with Crippen LogP contribution in [-0.2, 0) is 4.74 Å². The van der Waals surface area contributed by atoms with Crippen LogP contribution in [0.2, 0.25) is 0 Å². The zero-order valence-corrected chi connectivity index (χ0v) is 16.1. The number of halogens is 1. The van der Waals surface area contributed by atoms with Gasteiger partial charge in [0.1, 0.15) is 24.0 Å². The molecule has 1 aliphatic rings. The van der Waals surface area contributed by atoms with Crippen LogP contribution < -0.4 is 10.6 Å². The number of aromatic nitrogens is 2. The summed E-state index contributed by atoms with van der Waals surface area (Å²) in [4.78, 5) is 16.9. The molecule has 3 heterocycles. The Hall–Kier alpha value is -3.77. The number of nitrogens with one attached hydrogen (secondary N) is 2. The highest BCUT2D eigenvalue weighted by Gasteiger charge is 2.20. The van der Waals surface area contributed by atoms with E-state index in [2.05, 4.69) is 31.4 Å². The Balaban J connectivity index is 1.66. The highest BCUT2D eigenvalue weighted by molar-refractivity contribution is 6.04. The topological polar surface area (TPSA) is 113 Å². The quantitative estimate of drug-likeness (QED) is 0.665. The maximum atomic E-state index is 14.5. The number of amides is 1. The molecule has 4 rings (SSSR count). The molecule has 30 heavy (non-hydrogen) atoms. The Morgan fingerprint density at radius 3 is 2.93 bits per heavy atom. The van der Waals surface area contributed by atoms with Gasteiger partial charge in [-0.3, -0.25) is 4.79 Å². The second kappa shape index (κ2) is 8.31. The number of hydrogen-bond donors (Lipinski definition) is 2. The second-order valence-electron chi connectivity index (χ2n) is 6.92. The Morgan fingerprint density at radius 2 is 2.23 bits per heavy atom. The van der Waals surface area contributed by atoms with Crippen LogP contribution in [0.25, 0.3) is 11.1 Å². The molecule has 1 saturated heterocycles. The Morgan fingerprint density at radius 1 is 1.37 bits per heavy atom. The molecule has 2 aromatic heterocycles. The first kappa shape index (κ1) is 19.5. The molecule has 1 fully saturated rings. The minimum Gasteiger partial charge on any atom is -0.379 e. The number of nitrogens with zero attached hydrogens (tertiary/aromatic N) is 3. The van der Waals surface area contributed by atoms with Crippen molar-refractivity contribution >= 4 is 17.5 Å². The van der Waals surface area contributed by atoms with Crippen LogP contribution in [0.4, 0.5) is 16.0 Å². The number of ether oxygens (including phenoxy) is 1. The van der Waals surface area contributed by atoms with Crippen molar-refractivity contribution in [3.63, 3.8) is 0 Å². The predicted octanol–water partition coefficient (Wildman–Crippen LogP) is 3.51.